The zero-order chi connectivity index (χ0) is 12.8. The standard InChI is InChI=1S/C12H16BrIN2O/c1-3-6-15-12(17)8(2)16-11-7-9(14)4-5-10(11)13/h4-5,7-8,16H,3,6H2,1-2H3,(H,15,17). The second kappa shape index (κ2) is 7.20. The highest BCUT2D eigenvalue weighted by atomic mass is 127. The molecule has 1 rings (SSSR count). The lowest BCUT2D eigenvalue weighted by Crippen LogP contribution is -2.37. The van der Waals surface area contributed by atoms with Crippen LogP contribution >= 0.6 is 38.5 Å². The summed E-state index contributed by atoms with van der Waals surface area (Å²) in [5.41, 5.74) is 0.941. The Hall–Kier alpha value is -0.300. The van der Waals surface area contributed by atoms with Crippen molar-refractivity contribution in [3.63, 3.8) is 0 Å². The number of hydrogen-bond donors (Lipinski definition) is 2. The van der Waals surface area contributed by atoms with Gasteiger partial charge in [0.25, 0.3) is 0 Å². The maximum absolute atomic E-state index is 11.7. The van der Waals surface area contributed by atoms with Crippen molar-refractivity contribution in [3.05, 3.63) is 26.2 Å². The average Bonchev–Trinajstić information content (AvgIpc) is 2.30. The summed E-state index contributed by atoms with van der Waals surface area (Å²) in [6, 6.07) is 5.75. The van der Waals surface area contributed by atoms with Gasteiger partial charge in [-0.3, -0.25) is 4.79 Å². The van der Waals surface area contributed by atoms with Gasteiger partial charge in [-0.15, -0.1) is 0 Å². The van der Waals surface area contributed by atoms with Crippen LogP contribution in [-0.2, 0) is 4.79 Å². The van der Waals surface area contributed by atoms with Crippen LogP contribution in [0, 0.1) is 3.57 Å². The molecule has 2 N–H and O–H groups in total. The van der Waals surface area contributed by atoms with Crippen molar-refractivity contribution >= 4 is 50.1 Å². The molecule has 0 saturated carbocycles. The van der Waals surface area contributed by atoms with E-state index >= 15 is 0 Å². The summed E-state index contributed by atoms with van der Waals surface area (Å²) < 4.78 is 2.10. The molecule has 0 aliphatic heterocycles. The van der Waals surface area contributed by atoms with E-state index in [-0.39, 0.29) is 11.9 Å². The van der Waals surface area contributed by atoms with Crippen LogP contribution in [0.4, 0.5) is 5.69 Å². The molecule has 17 heavy (non-hydrogen) atoms. The van der Waals surface area contributed by atoms with Crippen molar-refractivity contribution in [1.82, 2.24) is 5.32 Å². The van der Waals surface area contributed by atoms with Gasteiger partial charge < -0.3 is 10.6 Å². The number of benzene rings is 1. The maximum atomic E-state index is 11.7. The van der Waals surface area contributed by atoms with Gasteiger partial charge in [0.15, 0.2) is 0 Å². The molecule has 0 aliphatic rings. The number of carbonyl (C=O) groups excluding carboxylic acids is 1. The lowest BCUT2D eigenvalue weighted by Gasteiger charge is -2.16. The number of rotatable bonds is 5. The van der Waals surface area contributed by atoms with Crippen molar-refractivity contribution in [1.29, 1.82) is 0 Å². The Labute approximate surface area is 124 Å². The van der Waals surface area contributed by atoms with E-state index in [1.165, 1.54) is 0 Å². The highest BCUT2D eigenvalue weighted by Gasteiger charge is 2.12. The zero-order valence-electron chi connectivity index (χ0n) is 9.89. The lowest BCUT2D eigenvalue weighted by molar-refractivity contribution is -0.121. The number of nitrogens with one attached hydrogen (secondary N) is 2. The summed E-state index contributed by atoms with van der Waals surface area (Å²) in [7, 11) is 0. The van der Waals surface area contributed by atoms with Crippen molar-refractivity contribution in [3.8, 4) is 0 Å². The minimum absolute atomic E-state index is 0.0256. The van der Waals surface area contributed by atoms with Crippen LogP contribution < -0.4 is 10.6 Å². The predicted molar refractivity (Wildman–Crippen MR) is 83.2 cm³/mol. The van der Waals surface area contributed by atoms with E-state index in [9.17, 15) is 4.79 Å². The molecular formula is C12H16BrIN2O. The zero-order valence-corrected chi connectivity index (χ0v) is 13.6. The van der Waals surface area contributed by atoms with Gasteiger partial charge in [0.2, 0.25) is 5.91 Å². The fourth-order valence-corrected chi connectivity index (χ4v) is 2.16. The van der Waals surface area contributed by atoms with Crippen LogP contribution in [0.5, 0.6) is 0 Å². The minimum Gasteiger partial charge on any atom is -0.373 e. The normalized spacial score (nSPS) is 12.0. The summed E-state index contributed by atoms with van der Waals surface area (Å²) in [6.07, 6.45) is 0.950. The van der Waals surface area contributed by atoms with Gasteiger partial charge in [-0.25, -0.2) is 0 Å². The van der Waals surface area contributed by atoms with E-state index in [2.05, 4.69) is 49.2 Å². The molecule has 0 spiro atoms. The second-order valence-electron chi connectivity index (χ2n) is 3.78. The molecule has 1 aromatic carbocycles. The second-order valence-corrected chi connectivity index (χ2v) is 5.88. The van der Waals surface area contributed by atoms with Gasteiger partial charge in [0.05, 0.1) is 5.69 Å². The van der Waals surface area contributed by atoms with Crippen LogP contribution in [0.15, 0.2) is 22.7 Å². The van der Waals surface area contributed by atoms with E-state index in [1.807, 2.05) is 32.0 Å². The van der Waals surface area contributed by atoms with Crippen LogP contribution in [0.1, 0.15) is 20.3 Å². The van der Waals surface area contributed by atoms with Crippen molar-refractivity contribution in [2.45, 2.75) is 26.3 Å². The molecule has 0 aliphatic carbocycles. The molecule has 0 radical (unpaired) electrons. The van der Waals surface area contributed by atoms with Gasteiger partial charge in [0, 0.05) is 14.6 Å². The smallest absolute Gasteiger partial charge is 0.242 e. The molecule has 94 valence electrons. The molecule has 1 amide bonds. The van der Waals surface area contributed by atoms with Crippen LogP contribution in [0.2, 0.25) is 0 Å². The van der Waals surface area contributed by atoms with Crippen molar-refractivity contribution in [2.75, 3.05) is 11.9 Å². The first-order chi connectivity index (χ1) is 8.04. The Balaban J connectivity index is 2.64. The number of hydrogen-bond acceptors (Lipinski definition) is 2. The van der Waals surface area contributed by atoms with Crippen LogP contribution in [0.25, 0.3) is 0 Å². The van der Waals surface area contributed by atoms with E-state index in [4.69, 9.17) is 0 Å². The summed E-state index contributed by atoms with van der Waals surface area (Å²) >= 11 is 5.71. The van der Waals surface area contributed by atoms with E-state index < -0.39 is 0 Å². The summed E-state index contributed by atoms with van der Waals surface area (Å²) in [4.78, 5) is 11.7. The lowest BCUT2D eigenvalue weighted by atomic mass is 10.2. The van der Waals surface area contributed by atoms with E-state index in [1.54, 1.807) is 0 Å². The molecule has 0 heterocycles. The maximum Gasteiger partial charge on any atom is 0.242 e. The van der Waals surface area contributed by atoms with Gasteiger partial charge in [-0.2, -0.15) is 0 Å². The third-order valence-electron chi connectivity index (χ3n) is 2.24. The molecule has 1 unspecified atom stereocenters. The minimum atomic E-state index is -0.240. The Morgan fingerprint density at radius 2 is 2.24 bits per heavy atom. The molecule has 0 fully saturated rings. The highest BCUT2D eigenvalue weighted by molar-refractivity contribution is 14.1. The van der Waals surface area contributed by atoms with E-state index in [0.29, 0.717) is 0 Å². The van der Waals surface area contributed by atoms with Gasteiger partial charge >= 0.3 is 0 Å². The third-order valence-corrected chi connectivity index (χ3v) is 3.61. The van der Waals surface area contributed by atoms with Crippen molar-refractivity contribution in [2.24, 2.45) is 0 Å². The average molecular weight is 411 g/mol. The SMILES string of the molecule is CCCNC(=O)C(C)Nc1cc(I)ccc1Br. The number of carbonyl (C=O) groups is 1. The van der Waals surface area contributed by atoms with Gasteiger partial charge in [-0.05, 0) is 70.1 Å². The molecule has 1 atom stereocenters. The molecule has 1 aromatic rings. The summed E-state index contributed by atoms with van der Waals surface area (Å²) in [5.74, 6) is 0.0256. The van der Waals surface area contributed by atoms with Gasteiger partial charge in [-0.1, -0.05) is 6.92 Å². The van der Waals surface area contributed by atoms with Crippen LogP contribution in [0.3, 0.4) is 0 Å². The number of amides is 1. The monoisotopic (exact) mass is 410 g/mol. The molecule has 5 heteroatoms. The Kier molecular flexibility index (Phi) is 6.26. The molecule has 0 aromatic heterocycles. The molecule has 3 nitrogen and oxygen atoms in total. The number of halogens is 2. The first-order valence-corrected chi connectivity index (χ1v) is 7.41. The first-order valence-electron chi connectivity index (χ1n) is 5.54. The Morgan fingerprint density at radius 3 is 2.88 bits per heavy atom. The molecular weight excluding hydrogens is 395 g/mol. The quantitative estimate of drug-likeness (QED) is 0.730. The topological polar surface area (TPSA) is 41.1 Å². The number of anilines is 1. The fraction of sp³-hybridized carbons (Fsp3) is 0.417. The van der Waals surface area contributed by atoms with Crippen LogP contribution in [-0.4, -0.2) is 18.5 Å². The summed E-state index contributed by atoms with van der Waals surface area (Å²) in [6.45, 7) is 4.62. The third kappa shape index (κ3) is 4.83. The largest absolute Gasteiger partial charge is 0.373 e. The van der Waals surface area contributed by atoms with Gasteiger partial charge in [0.1, 0.15) is 6.04 Å². The fourth-order valence-electron chi connectivity index (χ4n) is 1.31. The van der Waals surface area contributed by atoms with Crippen molar-refractivity contribution < 1.29 is 4.79 Å². The highest BCUT2D eigenvalue weighted by Crippen LogP contribution is 2.24. The molecule has 0 saturated heterocycles. The predicted octanol–water partition coefficient (Wildman–Crippen LogP) is 3.38. The van der Waals surface area contributed by atoms with E-state index in [0.717, 1.165) is 26.7 Å². The Morgan fingerprint density at radius 1 is 1.53 bits per heavy atom. The first kappa shape index (κ1) is 14.8. The summed E-state index contributed by atoms with van der Waals surface area (Å²) in [5, 5.41) is 6.06. The Bertz CT molecular complexity index is 398. The molecule has 0 bridgehead atoms.